The number of carboxylic acids is 1. The summed E-state index contributed by atoms with van der Waals surface area (Å²) < 4.78 is 0. The maximum absolute atomic E-state index is 11.3. The fraction of sp³-hybridized carbons (Fsp3) is 0.300. The third-order valence-corrected chi connectivity index (χ3v) is 2.21. The van der Waals surface area contributed by atoms with Gasteiger partial charge in [-0.1, -0.05) is 11.6 Å². The van der Waals surface area contributed by atoms with Crippen molar-refractivity contribution in [2.45, 2.75) is 0 Å². The molecule has 0 aliphatic rings. The van der Waals surface area contributed by atoms with Crippen LogP contribution in [0.4, 0.5) is 5.82 Å². The molecule has 1 rings (SSSR count). The number of hydrogen-bond acceptors (Lipinski definition) is 4. The van der Waals surface area contributed by atoms with Gasteiger partial charge in [0.2, 0.25) is 5.91 Å². The average Bonchev–Trinajstić information content (AvgIpc) is 2.25. The first-order valence-electron chi connectivity index (χ1n) is 4.75. The molecule has 1 aromatic rings. The zero-order chi connectivity index (χ0) is 13.0. The predicted octanol–water partition coefficient (Wildman–Crippen LogP) is 0.933. The number of carbonyl (C=O) groups excluding carboxylic acids is 1. The van der Waals surface area contributed by atoms with Crippen LogP contribution in [-0.2, 0) is 4.79 Å². The normalized spacial score (nSPS) is 9.82. The molecule has 0 aliphatic heterocycles. The topological polar surface area (TPSA) is 82.5 Å². The summed E-state index contributed by atoms with van der Waals surface area (Å²) in [6.45, 7) is -0.0410. The van der Waals surface area contributed by atoms with Gasteiger partial charge >= 0.3 is 5.97 Å². The summed E-state index contributed by atoms with van der Waals surface area (Å²) in [6.07, 6.45) is 0. The second-order valence-corrected chi connectivity index (χ2v) is 3.86. The number of amides is 1. The second-order valence-electron chi connectivity index (χ2n) is 3.48. The molecule has 0 saturated heterocycles. The van der Waals surface area contributed by atoms with E-state index in [1.54, 1.807) is 14.1 Å². The van der Waals surface area contributed by atoms with E-state index in [0.29, 0.717) is 0 Å². The molecule has 92 valence electrons. The summed E-state index contributed by atoms with van der Waals surface area (Å²) in [7, 11) is 3.21. The number of halogens is 1. The average molecular weight is 258 g/mol. The molecule has 6 nitrogen and oxygen atoms in total. The van der Waals surface area contributed by atoms with Crippen molar-refractivity contribution in [2.24, 2.45) is 0 Å². The summed E-state index contributed by atoms with van der Waals surface area (Å²) in [6, 6.07) is 2.71. The summed E-state index contributed by atoms with van der Waals surface area (Å²) in [5.41, 5.74) is -0.0269. The van der Waals surface area contributed by atoms with Gasteiger partial charge in [0.05, 0.1) is 6.54 Å². The monoisotopic (exact) mass is 257 g/mol. The van der Waals surface area contributed by atoms with Crippen molar-refractivity contribution in [1.82, 2.24) is 9.88 Å². The van der Waals surface area contributed by atoms with Gasteiger partial charge in [-0.15, -0.1) is 0 Å². The number of aromatic nitrogens is 1. The lowest BCUT2D eigenvalue weighted by molar-refractivity contribution is -0.126. The maximum Gasteiger partial charge on any atom is 0.339 e. The van der Waals surface area contributed by atoms with Gasteiger partial charge in [-0.05, 0) is 12.1 Å². The quantitative estimate of drug-likeness (QED) is 0.784. The van der Waals surface area contributed by atoms with Crippen molar-refractivity contribution >= 4 is 29.3 Å². The molecule has 0 atom stereocenters. The fourth-order valence-electron chi connectivity index (χ4n) is 1.06. The van der Waals surface area contributed by atoms with Crippen LogP contribution < -0.4 is 5.32 Å². The summed E-state index contributed by atoms with van der Waals surface area (Å²) in [5, 5.41) is 11.7. The highest BCUT2D eigenvalue weighted by atomic mass is 35.5. The number of rotatable bonds is 4. The molecule has 0 spiro atoms. The molecule has 1 aromatic heterocycles. The third-order valence-electron chi connectivity index (χ3n) is 2.00. The minimum atomic E-state index is -1.13. The van der Waals surface area contributed by atoms with E-state index in [2.05, 4.69) is 10.3 Å². The highest BCUT2D eigenvalue weighted by Crippen LogP contribution is 2.16. The third kappa shape index (κ3) is 3.60. The van der Waals surface area contributed by atoms with Crippen molar-refractivity contribution in [2.75, 3.05) is 26.0 Å². The van der Waals surface area contributed by atoms with Gasteiger partial charge in [-0.2, -0.15) is 0 Å². The Kier molecular flexibility index (Phi) is 4.28. The molecule has 0 radical (unpaired) electrons. The summed E-state index contributed by atoms with van der Waals surface area (Å²) >= 11 is 5.66. The zero-order valence-electron chi connectivity index (χ0n) is 9.40. The number of carbonyl (C=O) groups is 2. The van der Waals surface area contributed by atoms with E-state index >= 15 is 0 Å². The number of pyridine rings is 1. The molecule has 0 fully saturated rings. The molecule has 1 amide bonds. The molecule has 0 aromatic carbocycles. The van der Waals surface area contributed by atoms with Gasteiger partial charge in [-0.3, -0.25) is 4.79 Å². The Morgan fingerprint density at radius 2 is 2.12 bits per heavy atom. The Balaban J connectivity index is 2.86. The number of nitrogens with zero attached hydrogens (tertiary/aromatic N) is 2. The molecule has 2 N–H and O–H groups in total. The van der Waals surface area contributed by atoms with Crippen LogP contribution >= 0.6 is 11.6 Å². The van der Waals surface area contributed by atoms with E-state index < -0.39 is 5.97 Å². The first-order chi connectivity index (χ1) is 7.91. The Bertz CT molecular complexity index is 448. The minimum Gasteiger partial charge on any atom is -0.478 e. The Hall–Kier alpha value is -1.82. The Morgan fingerprint density at radius 1 is 1.47 bits per heavy atom. The Morgan fingerprint density at radius 3 is 2.65 bits per heavy atom. The minimum absolute atomic E-state index is 0.0269. The molecule has 0 saturated carbocycles. The van der Waals surface area contributed by atoms with Gasteiger partial charge in [0.15, 0.2) is 0 Å². The van der Waals surface area contributed by atoms with Crippen molar-refractivity contribution in [1.29, 1.82) is 0 Å². The van der Waals surface area contributed by atoms with Crippen LogP contribution in [0.25, 0.3) is 0 Å². The standard InChI is InChI=1S/C10H12ClN3O3/c1-14(2)8(15)5-12-9-6(10(16)17)3-4-7(11)13-9/h3-4H,5H2,1-2H3,(H,12,13)(H,16,17). The second kappa shape index (κ2) is 5.49. The first kappa shape index (κ1) is 13.2. The number of carboxylic acid groups (broad SMARTS) is 1. The van der Waals surface area contributed by atoms with Crippen LogP contribution in [0.3, 0.4) is 0 Å². The fourth-order valence-corrected chi connectivity index (χ4v) is 1.21. The molecule has 1 heterocycles. The van der Waals surface area contributed by atoms with Crippen LogP contribution in [0.1, 0.15) is 10.4 Å². The van der Waals surface area contributed by atoms with Crippen LogP contribution in [0.15, 0.2) is 12.1 Å². The lowest BCUT2D eigenvalue weighted by Gasteiger charge is -2.12. The lowest BCUT2D eigenvalue weighted by Crippen LogP contribution is -2.29. The van der Waals surface area contributed by atoms with E-state index in [4.69, 9.17) is 16.7 Å². The smallest absolute Gasteiger partial charge is 0.339 e. The van der Waals surface area contributed by atoms with Gasteiger partial charge < -0.3 is 15.3 Å². The van der Waals surface area contributed by atoms with Crippen LogP contribution in [0.2, 0.25) is 5.15 Å². The highest BCUT2D eigenvalue weighted by molar-refractivity contribution is 6.29. The van der Waals surface area contributed by atoms with E-state index in [1.807, 2.05) is 0 Å². The van der Waals surface area contributed by atoms with E-state index in [9.17, 15) is 9.59 Å². The summed E-state index contributed by atoms with van der Waals surface area (Å²) in [5.74, 6) is -1.24. The number of hydrogen-bond donors (Lipinski definition) is 2. The van der Waals surface area contributed by atoms with Crippen LogP contribution in [-0.4, -0.2) is 47.5 Å². The molecule has 0 unspecified atom stereocenters. The predicted molar refractivity (Wildman–Crippen MR) is 63.4 cm³/mol. The van der Waals surface area contributed by atoms with Gasteiger partial charge in [0.25, 0.3) is 0 Å². The van der Waals surface area contributed by atoms with E-state index in [1.165, 1.54) is 17.0 Å². The van der Waals surface area contributed by atoms with Crippen molar-refractivity contribution < 1.29 is 14.7 Å². The molecule has 17 heavy (non-hydrogen) atoms. The van der Waals surface area contributed by atoms with Crippen LogP contribution in [0, 0.1) is 0 Å². The first-order valence-corrected chi connectivity index (χ1v) is 5.13. The molecule has 0 aliphatic carbocycles. The number of nitrogens with one attached hydrogen (secondary N) is 1. The van der Waals surface area contributed by atoms with E-state index in [-0.39, 0.29) is 29.0 Å². The van der Waals surface area contributed by atoms with Gasteiger partial charge in [0.1, 0.15) is 16.5 Å². The van der Waals surface area contributed by atoms with E-state index in [0.717, 1.165) is 0 Å². The van der Waals surface area contributed by atoms with Crippen molar-refractivity contribution in [3.8, 4) is 0 Å². The highest BCUT2D eigenvalue weighted by Gasteiger charge is 2.13. The Labute approximate surface area is 103 Å². The molecular formula is C10H12ClN3O3. The van der Waals surface area contributed by atoms with Gasteiger partial charge in [-0.25, -0.2) is 9.78 Å². The summed E-state index contributed by atoms with van der Waals surface area (Å²) in [4.78, 5) is 27.4. The molecule has 0 bridgehead atoms. The van der Waals surface area contributed by atoms with Crippen molar-refractivity contribution in [3.63, 3.8) is 0 Å². The molecular weight excluding hydrogens is 246 g/mol. The lowest BCUT2D eigenvalue weighted by atomic mass is 10.2. The van der Waals surface area contributed by atoms with Gasteiger partial charge in [0, 0.05) is 14.1 Å². The van der Waals surface area contributed by atoms with Crippen LogP contribution in [0.5, 0.6) is 0 Å². The largest absolute Gasteiger partial charge is 0.478 e. The zero-order valence-corrected chi connectivity index (χ0v) is 10.2. The number of anilines is 1. The SMILES string of the molecule is CN(C)C(=O)CNc1nc(Cl)ccc1C(=O)O. The maximum atomic E-state index is 11.3. The number of likely N-dealkylation sites (N-methyl/N-ethyl adjacent to an activating group) is 1. The number of aromatic carboxylic acids is 1. The van der Waals surface area contributed by atoms with Crippen molar-refractivity contribution in [3.05, 3.63) is 22.8 Å². The molecule has 7 heteroatoms.